The molecule has 0 fully saturated rings. The molecule has 0 aliphatic rings. The average Bonchev–Trinajstić information content (AvgIpc) is 2.46. The molecule has 0 heterocycles. The van der Waals surface area contributed by atoms with Crippen LogP contribution in [-0.4, -0.2) is 17.5 Å². The van der Waals surface area contributed by atoms with Crippen molar-refractivity contribution in [3.63, 3.8) is 0 Å². The first kappa shape index (κ1) is 16.6. The normalized spacial score (nSPS) is 14.3. The highest BCUT2D eigenvalue weighted by molar-refractivity contribution is 7.99. The summed E-state index contributed by atoms with van der Waals surface area (Å²) < 4.78 is 0. The third kappa shape index (κ3) is 5.58. The van der Waals surface area contributed by atoms with Crippen molar-refractivity contribution < 1.29 is 0 Å². The summed E-state index contributed by atoms with van der Waals surface area (Å²) in [7, 11) is 0. The minimum atomic E-state index is 0.474. The van der Waals surface area contributed by atoms with Gasteiger partial charge in [0.25, 0.3) is 0 Å². The highest BCUT2D eigenvalue weighted by Crippen LogP contribution is 2.27. The Kier molecular flexibility index (Phi) is 8.24. The molecule has 1 aromatic rings. The highest BCUT2D eigenvalue weighted by Gasteiger charge is 2.18. The molecule has 0 bridgehead atoms. The first-order chi connectivity index (χ1) is 9.22. The standard InChI is InChI=1S/C17H29NS/c1-5-12-18-17(14(4)19-13-6-2)16-10-8-15(7-3)9-11-16/h8-11,14,17-18H,5-7,12-13H2,1-4H3. The monoisotopic (exact) mass is 279 g/mol. The molecule has 2 atom stereocenters. The third-order valence-electron chi connectivity index (χ3n) is 3.42. The van der Waals surface area contributed by atoms with E-state index in [1.165, 1.54) is 29.7 Å². The minimum absolute atomic E-state index is 0.474. The summed E-state index contributed by atoms with van der Waals surface area (Å²) in [6.45, 7) is 10.1. The molecule has 1 aromatic carbocycles. The average molecular weight is 279 g/mol. The van der Waals surface area contributed by atoms with Gasteiger partial charge in [-0.25, -0.2) is 0 Å². The summed E-state index contributed by atoms with van der Waals surface area (Å²) in [5.41, 5.74) is 2.86. The molecule has 0 aliphatic carbocycles. The molecular weight excluding hydrogens is 250 g/mol. The second kappa shape index (κ2) is 9.44. The van der Waals surface area contributed by atoms with Crippen molar-refractivity contribution in [1.82, 2.24) is 5.32 Å². The van der Waals surface area contributed by atoms with Crippen molar-refractivity contribution in [3.05, 3.63) is 35.4 Å². The van der Waals surface area contributed by atoms with E-state index in [0.717, 1.165) is 13.0 Å². The maximum Gasteiger partial charge on any atom is 0.0437 e. The fourth-order valence-electron chi connectivity index (χ4n) is 2.22. The Bertz CT molecular complexity index is 334. The van der Waals surface area contributed by atoms with Gasteiger partial charge in [-0.1, -0.05) is 52.0 Å². The van der Waals surface area contributed by atoms with Crippen LogP contribution in [0.2, 0.25) is 0 Å². The number of hydrogen-bond acceptors (Lipinski definition) is 2. The van der Waals surface area contributed by atoms with E-state index in [0.29, 0.717) is 11.3 Å². The predicted octanol–water partition coefficient (Wildman–Crippen LogP) is 4.82. The number of benzene rings is 1. The third-order valence-corrected chi connectivity index (χ3v) is 4.86. The number of rotatable bonds is 9. The van der Waals surface area contributed by atoms with Gasteiger partial charge in [0.2, 0.25) is 0 Å². The first-order valence-electron chi connectivity index (χ1n) is 7.66. The maximum absolute atomic E-state index is 3.71. The van der Waals surface area contributed by atoms with Gasteiger partial charge in [-0.05, 0) is 42.7 Å². The molecule has 108 valence electrons. The Balaban J connectivity index is 2.75. The molecule has 0 saturated carbocycles. The zero-order chi connectivity index (χ0) is 14.1. The molecule has 2 unspecified atom stereocenters. The van der Waals surface area contributed by atoms with Gasteiger partial charge < -0.3 is 5.32 Å². The van der Waals surface area contributed by atoms with E-state index in [4.69, 9.17) is 0 Å². The number of aryl methyl sites for hydroxylation is 1. The van der Waals surface area contributed by atoms with Crippen molar-refractivity contribution in [2.75, 3.05) is 12.3 Å². The molecule has 1 nitrogen and oxygen atoms in total. The Hall–Kier alpha value is -0.470. The van der Waals surface area contributed by atoms with Gasteiger partial charge in [0.1, 0.15) is 0 Å². The van der Waals surface area contributed by atoms with Crippen LogP contribution in [0.1, 0.15) is 57.7 Å². The van der Waals surface area contributed by atoms with Gasteiger partial charge in [-0.3, -0.25) is 0 Å². The van der Waals surface area contributed by atoms with Gasteiger partial charge in [-0.2, -0.15) is 11.8 Å². The lowest BCUT2D eigenvalue weighted by atomic mass is 10.0. The SMILES string of the molecule is CCCNC(c1ccc(CC)cc1)C(C)SCCC. The second-order valence-electron chi connectivity index (χ2n) is 5.10. The van der Waals surface area contributed by atoms with Gasteiger partial charge in [0.05, 0.1) is 0 Å². The molecule has 1 rings (SSSR count). The molecule has 0 aliphatic heterocycles. The zero-order valence-corrected chi connectivity index (χ0v) is 13.7. The highest BCUT2D eigenvalue weighted by atomic mass is 32.2. The molecule has 1 N–H and O–H groups in total. The van der Waals surface area contributed by atoms with Crippen LogP contribution in [0.4, 0.5) is 0 Å². The van der Waals surface area contributed by atoms with E-state index >= 15 is 0 Å². The Morgan fingerprint density at radius 1 is 1.05 bits per heavy atom. The lowest BCUT2D eigenvalue weighted by Crippen LogP contribution is -2.29. The van der Waals surface area contributed by atoms with E-state index in [1.807, 2.05) is 0 Å². The number of nitrogens with one attached hydrogen (secondary N) is 1. The molecule has 0 spiro atoms. The summed E-state index contributed by atoms with van der Waals surface area (Å²) in [4.78, 5) is 0. The van der Waals surface area contributed by atoms with Gasteiger partial charge in [0.15, 0.2) is 0 Å². The lowest BCUT2D eigenvalue weighted by molar-refractivity contribution is 0.527. The number of hydrogen-bond donors (Lipinski definition) is 1. The molecule has 0 saturated heterocycles. The Labute approximate surface area is 123 Å². The van der Waals surface area contributed by atoms with Crippen LogP contribution in [0, 0.1) is 0 Å². The molecule has 2 heteroatoms. The first-order valence-corrected chi connectivity index (χ1v) is 8.71. The second-order valence-corrected chi connectivity index (χ2v) is 6.59. The Morgan fingerprint density at radius 2 is 1.74 bits per heavy atom. The van der Waals surface area contributed by atoms with Crippen LogP contribution in [0.25, 0.3) is 0 Å². The topological polar surface area (TPSA) is 12.0 Å². The Morgan fingerprint density at radius 3 is 2.26 bits per heavy atom. The van der Waals surface area contributed by atoms with Gasteiger partial charge >= 0.3 is 0 Å². The summed E-state index contributed by atoms with van der Waals surface area (Å²) >= 11 is 2.08. The van der Waals surface area contributed by atoms with Crippen LogP contribution in [0.15, 0.2) is 24.3 Å². The van der Waals surface area contributed by atoms with E-state index in [2.05, 4.69) is 69.0 Å². The molecule has 0 radical (unpaired) electrons. The van der Waals surface area contributed by atoms with Gasteiger partial charge in [-0.15, -0.1) is 0 Å². The summed E-state index contributed by atoms with van der Waals surface area (Å²) in [5.74, 6) is 1.25. The fourth-order valence-corrected chi connectivity index (χ4v) is 3.27. The molecule has 0 aromatic heterocycles. The quantitative estimate of drug-likeness (QED) is 0.695. The van der Waals surface area contributed by atoms with E-state index in [1.54, 1.807) is 0 Å². The van der Waals surface area contributed by atoms with Crippen LogP contribution in [-0.2, 0) is 6.42 Å². The van der Waals surface area contributed by atoms with Crippen molar-refractivity contribution in [2.24, 2.45) is 0 Å². The van der Waals surface area contributed by atoms with Crippen LogP contribution < -0.4 is 5.32 Å². The van der Waals surface area contributed by atoms with Crippen LogP contribution in [0.5, 0.6) is 0 Å². The number of thioether (sulfide) groups is 1. The minimum Gasteiger partial charge on any atom is -0.309 e. The molecule has 19 heavy (non-hydrogen) atoms. The van der Waals surface area contributed by atoms with E-state index < -0.39 is 0 Å². The summed E-state index contributed by atoms with van der Waals surface area (Å²) in [6, 6.07) is 9.62. The van der Waals surface area contributed by atoms with Crippen molar-refractivity contribution >= 4 is 11.8 Å². The fraction of sp³-hybridized carbons (Fsp3) is 0.647. The van der Waals surface area contributed by atoms with Crippen molar-refractivity contribution in [3.8, 4) is 0 Å². The van der Waals surface area contributed by atoms with Crippen molar-refractivity contribution in [1.29, 1.82) is 0 Å². The largest absolute Gasteiger partial charge is 0.309 e. The summed E-state index contributed by atoms with van der Waals surface area (Å²) in [5, 5.41) is 4.34. The predicted molar refractivity (Wildman–Crippen MR) is 89.1 cm³/mol. The molecule has 0 amide bonds. The smallest absolute Gasteiger partial charge is 0.0437 e. The zero-order valence-electron chi connectivity index (χ0n) is 12.9. The van der Waals surface area contributed by atoms with Gasteiger partial charge in [0, 0.05) is 11.3 Å². The summed E-state index contributed by atoms with van der Waals surface area (Å²) in [6.07, 6.45) is 3.56. The van der Waals surface area contributed by atoms with E-state index in [-0.39, 0.29) is 0 Å². The molecular formula is C17H29NS. The van der Waals surface area contributed by atoms with Crippen LogP contribution >= 0.6 is 11.8 Å². The maximum atomic E-state index is 3.71. The van der Waals surface area contributed by atoms with Crippen molar-refractivity contribution in [2.45, 2.75) is 58.2 Å². The van der Waals surface area contributed by atoms with Crippen LogP contribution in [0.3, 0.4) is 0 Å². The van der Waals surface area contributed by atoms with E-state index in [9.17, 15) is 0 Å². The lowest BCUT2D eigenvalue weighted by Gasteiger charge is -2.25.